The van der Waals surface area contributed by atoms with Gasteiger partial charge in [-0.1, -0.05) is 6.07 Å². The van der Waals surface area contributed by atoms with Crippen molar-refractivity contribution in [3.63, 3.8) is 0 Å². The summed E-state index contributed by atoms with van der Waals surface area (Å²) in [6.45, 7) is 1.09. The van der Waals surface area contributed by atoms with E-state index >= 15 is 0 Å². The van der Waals surface area contributed by atoms with Crippen molar-refractivity contribution in [3.8, 4) is 5.75 Å². The van der Waals surface area contributed by atoms with Gasteiger partial charge in [0, 0.05) is 55.4 Å². The highest BCUT2D eigenvalue weighted by Crippen LogP contribution is 2.27. The lowest BCUT2D eigenvalue weighted by molar-refractivity contribution is 0.0590. The third-order valence-corrected chi connectivity index (χ3v) is 4.49. The molecule has 0 bridgehead atoms. The van der Waals surface area contributed by atoms with Crippen molar-refractivity contribution in [2.45, 2.75) is 18.9 Å². The summed E-state index contributed by atoms with van der Waals surface area (Å²) in [5, 5.41) is 1.06. The van der Waals surface area contributed by atoms with E-state index in [0.717, 1.165) is 29.5 Å². The number of rotatable bonds is 3. The van der Waals surface area contributed by atoms with Crippen LogP contribution in [0.5, 0.6) is 5.75 Å². The van der Waals surface area contributed by atoms with Crippen LogP contribution in [0.4, 0.5) is 0 Å². The van der Waals surface area contributed by atoms with Crippen LogP contribution in [-0.4, -0.2) is 45.0 Å². The molecule has 25 heavy (non-hydrogen) atoms. The number of amides is 1. The molecule has 4 rings (SSSR count). The second kappa shape index (κ2) is 6.43. The Morgan fingerprint density at radius 1 is 1.16 bits per heavy atom. The quantitative estimate of drug-likeness (QED) is 0.763. The standard InChI is InChI=1S/C18H18N4O3/c23-17-16(20-8-9-21-17)18(24)22-10-5-12(6-11-22)25-15-3-1-2-14-13(15)4-7-19-14/h1-4,7-9,12,19H,5-6,10-11H2,(H,21,23). The van der Waals surface area contributed by atoms with Gasteiger partial charge >= 0.3 is 0 Å². The maximum Gasteiger partial charge on any atom is 0.279 e. The molecule has 0 saturated carbocycles. The maximum atomic E-state index is 12.4. The average molecular weight is 338 g/mol. The SMILES string of the molecule is O=C(c1ncc[nH]c1=O)N1CCC(Oc2cccc3[nH]ccc23)CC1. The number of piperidine rings is 1. The number of ether oxygens (including phenoxy) is 1. The summed E-state index contributed by atoms with van der Waals surface area (Å²) < 4.78 is 6.14. The molecule has 1 saturated heterocycles. The number of hydrogen-bond donors (Lipinski definition) is 2. The Hall–Kier alpha value is -3.09. The Labute approximate surface area is 143 Å². The lowest BCUT2D eigenvalue weighted by Gasteiger charge is -2.32. The molecule has 7 heteroatoms. The van der Waals surface area contributed by atoms with Gasteiger partial charge in [0.2, 0.25) is 0 Å². The maximum absolute atomic E-state index is 12.4. The Kier molecular flexibility index (Phi) is 3.97. The molecule has 1 aromatic carbocycles. The minimum Gasteiger partial charge on any atom is -0.490 e. The van der Waals surface area contributed by atoms with E-state index < -0.39 is 5.56 Å². The molecule has 128 valence electrons. The Balaban J connectivity index is 1.42. The van der Waals surface area contributed by atoms with Crippen molar-refractivity contribution in [3.05, 3.63) is 58.9 Å². The number of fused-ring (bicyclic) bond motifs is 1. The molecule has 0 aliphatic carbocycles. The smallest absolute Gasteiger partial charge is 0.279 e. The average Bonchev–Trinajstić information content (AvgIpc) is 3.12. The van der Waals surface area contributed by atoms with Crippen molar-refractivity contribution in [1.29, 1.82) is 0 Å². The van der Waals surface area contributed by atoms with Crippen LogP contribution in [0, 0.1) is 0 Å². The number of aromatic amines is 2. The van der Waals surface area contributed by atoms with Gasteiger partial charge in [-0.3, -0.25) is 9.59 Å². The molecule has 0 unspecified atom stereocenters. The van der Waals surface area contributed by atoms with Gasteiger partial charge in [0.15, 0.2) is 5.69 Å². The van der Waals surface area contributed by atoms with Gasteiger partial charge < -0.3 is 19.6 Å². The number of carbonyl (C=O) groups is 1. The fourth-order valence-electron chi connectivity index (χ4n) is 3.17. The third-order valence-electron chi connectivity index (χ3n) is 4.49. The van der Waals surface area contributed by atoms with E-state index in [9.17, 15) is 9.59 Å². The van der Waals surface area contributed by atoms with Crippen LogP contribution in [0.15, 0.2) is 47.7 Å². The van der Waals surface area contributed by atoms with Crippen LogP contribution in [-0.2, 0) is 0 Å². The van der Waals surface area contributed by atoms with Crippen molar-refractivity contribution in [1.82, 2.24) is 19.9 Å². The molecule has 1 fully saturated rings. The lowest BCUT2D eigenvalue weighted by atomic mass is 10.1. The number of aromatic nitrogens is 3. The topological polar surface area (TPSA) is 91.1 Å². The summed E-state index contributed by atoms with van der Waals surface area (Å²) >= 11 is 0. The molecule has 0 radical (unpaired) electrons. The first-order valence-electron chi connectivity index (χ1n) is 8.28. The van der Waals surface area contributed by atoms with Gasteiger partial charge in [-0.15, -0.1) is 0 Å². The van der Waals surface area contributed by atoms with Crippen molar-refractivity contribution >= 4 is 16.8 Å². The first kappa shape index (κ1) is 15.4. The minimum atomic E-state index is -0.454. The zero-order chi connectivity index (χ0) is 17.2. The molecule has 7 nitrogen and oxygen atoms in total. The molecule has 0 spiro atoms. The van der Waals surface area contributed by atoms with Crippen LogP contribution in [0.3, 0.4) is 0 Å². The molecule has 1 amide bonds. The summed E-state index contributed by atoms with van der Waals surface area (Å²) in [6, 6.07) is 7.92. The largest absolute Gasteiger partial charge is 0.490 e. The van der Waals surface area contributed by atoms with Gasteiger partial charge in [-0.2, -0.15) is 0 Å². The second-order valence-corrected chi connectivity index (χ2v) is 6.07. The highest BCUT2D eigenvalue weighted by atomic mass is 16.5. The summed E-state index contributed by atoms with van der Waals surface area (Å²) in [6.07, 6.45) is 6.21. The normalized spacial score (nSPS) is 15.4. The van der Waals surface area contributed by atoms with E-state index in [1.165, 1.54) is 12.4 Å². The van der Waals surface area contributed by atoms with Crippen LogP contribution in [0.25, 0.3) is 10.9 Å². The van der Waals surface area contributed by atoms with E-state index in [0.29, 0.717) is 13.1 Å². The number of hydrogen-bond acceptors (Lipinski definition) is 4. The van der Waals surface area contributed by atoms with Gasteiger partial charge in [0.1, 0.15) is 11.9 Å². The van der Waals surface area contributed by atoms with Crippen LogP contribution in [0.1, 0.15) is 23.3 Å². The van der Waals surface area contributed by atoms with Gasteiger partial charge in [-0.05, 0) is 18.2 Å². The summed E-state index contributed by atoms with van der Waals surface area (Å²) in [7, 11) is 0. The Bertz CT molecular complexity index is 954. The summed E-state index contributed by atoms with van der Waals surface area (Å²) in [5.41, 5.74) is 0.531. The number of nitrogens with zero attached hydrogens (tertiary/aromatic N) is 2. The van der Waals surface area contributed by atoms with E-state index in [1.54, 1.807) is 4.90 Å². The van der Waals surface area contributed by atoms with Gasteiger partial charge in [0.25, 0.3) is 11.5 Å². The number of likely N-dealkylation sites (tertiary alicyclic amines) is 1. The van der Waals surface area contributed by atoms with Crippen molar-refractivity contribution in [2.24, 2.45) is 0 Å². The molecular weight excluding hydrogens is 320 g/mol. The van der Waals surface area contributed by atoms with E-state index in [2.05, 4.69) is 15.0 Å². The number of nitrogens with one attached hydrogen (secondary N) is 2. The van der Waals surface area contributed by atoms with Gasteiger partial charge in [0.05, 0.1) is 0 Å². The third kappa shape index (κ3) is 3.00. The predicted octanol–water partition coefficient (Wildman–Crippen LogP) is 1.93. The highest BCUT2D eigenvalue weighted by molar-refractivity contribution is 5.92. The van der Waals surface area contributed by atoms with Crippen molar-refractivity contribution < 1.29 is 9.53 Å². The molecule has 3 aromatic rings. The summed E-state index contributed by atoms with van der Waals surface area (Å²) in [5.74, 6) is 0.526. The first-order valence-corrected chi connectivity index (χ1v) is 8.28. The predicted molar refractivity (Wildman–Crippen MR) is 92.7 cm³/mol. The monoisotopic (exact) mass is 338 g/mol. The highest BCUT2D eigenvalue weighted by Gasteiger charge is 2.27. The molecule has 2 aromatic heterocycles. The first-order chi connectivity index (χ1) is 12.2. The molecule has 0 atom stereocenters. The molecule has 2 N–H and O–H groups in total. The molecule has 1 aliphatic heterocycles. The van der Waals surface area contributed by atoms with E-state index in [-0.39, 0.29) is 17.7 Å². The molecule has 1 aliphatic rings. The number of carbonyl (C=O) groups excluding carboxylic acids is 1. The Morgan fingerprint density at radius 2 is 2.00 bits per heavy atom. The number of H-pyrrole nitrogens is 2. The van der Waals surface area contributed by atoms with E-state index in [1.807, 2.05) is 30.5 Å². The van der Waals surface area contributed by atoms with Gasteiger partial charge in [-0.25, -0.2) is 4.98 Å². The fourth-order valence-corrected chi connectivity index (χ4v) is 3.17. The van der Waals surface area contributed by atoms with E-state index in [4.69, 9.17) is 4.74 Å². The van der Waals surface area contributed by atoms with Crippen LogP contribution in [0.2, 0.25) is 0 Å². The van der Waals surface area contributed by atoms with Crippen LogP contribution >= 0.6 is 0 Å². The molecular formula is C18H18N4O3. The van der Waals surface area contributed by atoms with Crippen molar-refractivity contribution in [2.75, 3.05) is 13.1 Å². The zero-order valence-corrected chi connectivity index (χ0v) is 13.6. The van der Waals surface area contributed by atoms with Crippen LogP contribution < -0.4 is 10.3 Å². The second-order valence-electron chi connectivity index (χ2n) is 6.07. The number of benzene rings is 1. The summed E-state index contributed by atoms with van der Waals surface area (Å²) in [4.78, 5) is 35.4. The molecule has 3 heterocycles. The lowest BCUT2D eigenvalue weighted by Crippen LogP contribution is -2.43. The Morgan fingerprint density at radius 3 is 2.80 bits per heavy atom. The minimum absolute atomic E-state index is 0.0477. The fraction of sp³-hybridized carbons (Fsp3) is 0.278. The zero-order valence-electron chi connectivity index (χ0n) is 13.6.